The number of amides is 2. The van der Waals surface area contributed by atoms with Crippen molar-refractivity contribution in [3.8, 4) is 11.5 Å². The number of carbonyl (C=O) groups excluding carboxylic acids is 3. The van der Waals surface area contributed by atoms with Gasteiger partial charge in [-0.25, -0.2) is 0 Å². The van der Waals surface area contributed by atoms with E-state index in [2.05, 4.69) is 10.2 Å². The van der Waals surface area contributed by atoms with Crippen molar-refractivity contribution >= 4 is 23.5 Å². The molecule has 2 amide bonds. The van der Waals surface area contributed by atoms with Crippen LogP contribution < -0.4 is 19.7 Å². The number of benzene rings is 3. The molecule has 1 N–H and O–H groups in total. The van der Waals surface area contributed by atoms with E-state index in [1.165, 1.54) is 13.0 Å². The summed E-state index contributed by atoms with van der Waals surface area (Å²) in [4.78, 5) is 40.0. The standard InChI is InChI=1S/C27H27N3O5/c1-20(31)35-25-9-5-8-22(16-25)27(33)28-17-26(32)30-15-14-29(19-30)23-10-12-24(13-11-23)34-18-21-6-3-2-4-7-21/h2-13,16H,14-15,17-19H2,1H3,(H,28,33). The van der Waals surface area contributed by atoms with Crippen LogP contribution in [-0.4, -0.2) is 49.0 Å². The fourth-order valence-electron chi connectivity index (χ4n) is 3.73. The minimum Gasteiger partial charge on any atom is -0.489 e. The van der Waals surface area contributed by atoms with Gasteiger partial charge in [-0.1, -0.05) is 36.4 Å². The predicted molar refractivity (Wildman–Crippen MR) is 131 cm³/mol. The average Bonchev–Trinajstić information content (AvgIpc) is 3.37. The Morgan fingerprint density at radius 2 is 1.66 bits per heavy atom. The van der Waals surface area contributed by atoms with Crippen LogP contribution in [0.1, 0.15) is 22.8 Å². The van der Waals surface area contributed by atoms with Gasteiger partial charge in [0.15, 0.2) is 0 Å². The molecule has 0 atom stereocenters. The van der Waals surface area contributed by atoms with Gasteiger partial charge in [0.25, 0.3) is 5.91 Å². The van der Waals surface area contributed by atoms with Crippen molar-refractivity contribution in [2.45, 2.75) is 13.5 Å². The molecule has 0 spiro atoms. The molecule has 1 aliphatic rings. The van der Waals surface area contributed by atoms with Gasteiger partial charge in [-0.2, -0.15) is 0 Å². The topological polar surface area (TPSA) is 88.2 Å². The molecule has 0 aliphatic carbocycles. The zero-order valence-electron chi connectivity index (χ0n) is 19.5. The van der Waals surface area contributed by atoms with Crippen LogP contribution in [0.2, 0.25) is 0 Å². The molecule has 35 heavy (non-hydrogen) atoms. The summed E-state index contributed by atoms with van der Waals surface area (Å²) in [5, 5.41) is 2.64. The minimum atomic E-state index is -0.467. The summed E-state index contributed by atoms with van der Waals surface area (Å²) in [5.41, 5.74) is 2.42. The fourth-order valence-corrected chi connectivity index (χ4v) is 3.73. The van der Waals surface area contributed by atoms with Crippen LogP contribution in [0.4, 0.5) is 5.69 Å². The Hall–Kier alpha value is -4.33. The van der Waals surface area contributed by atoms with E-state index >= 15 is 0 Å². The Bertz CT molecular complexity index is 1180. The maximum Gasteiger partial charge on any atom is 0.308 e. The molecule has 0 aromatic heterocycles. The third kappa shape index (κ3) is 6.60. The van der Waals surface area contributed by atoms with Gasteiger partial charge in [-0.3, -0.25) is 14.4 Å². The Morgan fingerprint density at radius 3 is 2.40 bits per heavy atom. The first-order valence-corrected chi connectivity index (χ1v) is 11.3. The van der Waals surface area contributed by atoms with Crippen LogP contribution >= 0.6 is 0 Å². The van der Waals surface area contributed by atoms with E-state index in [1.54, 1.807) is 23.1 Å². The van der Waals surface area contributed by atoms with Crippen molar-refractivity contribution < 1.29 is 23.9 Å². The van der Waals surface area contributed by atoms with E-state index in [0.29, 0.717) is 31.9 Å². The molecular weight excluding hydrogens is 446 g/mol. The highest BCUT2D eigenvalue weighted by atomic mass is 16.5. The van der Waals surface area contributed by atoms with Crippen molar-refractivity contribution in [1.29, 1.82) is 0 Å². The second kappa shape index (κ2) is 11.2. The number of nitrogens with zero attached hydrogens (tertiary/aromatic N) is 2. The fraction of sp³-hybridized carbons (Fsp3) is 0.222. The molecule has 0 radical (unpaired) electrons. The summed E-state index contributed by atoms with van der Waals surface area (Å²) in [6, 6.07) is 24.0. The van der Waals surface area contributed by atoms with Gasteiger partial charge >= 0.3 is 5.97 Å². The molecule has 1 fully saturated rings. The molecule has 3 aromatic carbocycles. The molecule has 180 valence electrons. The zero-order chi connectivity index (χ0) is 24.6. The monoisotopic (exact) mass is 473 g/mol. The number of rotatable bonds is 8. The van der Waals surface area contributed by atoms with E-state index in [9.17, 15) is 14.4 Å². The summed E-state index contributed by atoms with van der Waals surface area (Å²) >= 11 is 0. The molecule has 8 nitrogen and oxygen atoms in total. The highest BCUT2D eigenvalue weighted by molar-refractivity contribution is 5.97. The van der Waals surface area contributed by atoms with Crippen LogP contribution in [0.3, 0.4) is 0 Å². The third-order valence-corrected chi connectivity index (χ3v) is 5.54. The lowest BCUT2D eigenvalue weighted by molar-refractivity contribution is -0.132. The quantitative estimate of drug-likeness (QED) is 0.399. The molecule has 0 unspecified atom stereocenters. The number of esters is 1. The van der Waals surface area contributed by atoms with Gasteiger partial charge in [0.1, 0.15) is 18.1 Å². The van der Waals surface area contributed by atoms with E-state index in [-0.39, 0.29) is 18.2 Å². The largest absolute Gasteiger partial charge is 0.489 e. The van der Waals surface area contributed by atoms with Crippen molar-refractivity contribution in [2.75, 3.05) is 31.2 Å². The number of carbonyl (C=O) groups is 3. The van der Waals surface area contributed by atoms with Crippen LogP contribution in [0, 0.1) is 0 Å². The maximum atomic E-state index is 12.6. The van der Waals surface area contributed by atoms with E-state index in [4.69, 9.17) is 9.47 Å². The van der Waals surface area contributed by atoms with Crippen molar-refractivity contribution in [3.63, 3.8) is 0 Å². The number of anilines is 1. The lowest BCUT2D eigenvalue weighted by atomic mass is 10.2. The summed E-state index contributed by atoms with van der Waals surface area (Å²) in [6.45, 7) is 3.40. The summed E-state index contributed by atoms with van der Waals surface area (Å²) in [7, 11) is 0. The van der Waals surface area contributed by atoms with Gasteiger partial charge in [0.05, 0.1) is 13.2 Å². The molecule has 8 heteroatoms. The Balaban J connectivity index is 1.25. The van der Waals surface area contributed by atoms with E-state index in [0.717, 1.165) is 17.0 Å². The predicted octanol–water partition coefficient (Wildman–Crippen LogP) is 3.23. The first-order valence-electron chi connectivity index (χ1n) is 11.3. The number of hydrogen-bond donors (Lipinski definition) is 1. The van der Waals surface area contributed by atoms with Crippen LogP contribution in [-0.2, 0) is 16.2 Å². The van der Waals surface area contributed by atoms with Crippen LogP contribution in [0.15, 0.2) is 78.9 Å². The van der Waals surface area contributed by atoms with Crippen molar-refractivity contribution in [2.24, 2.45) is 0 Å². The third-order valence-electron chi connectivity index (χ3n) is 5.54. The molecule has 0 bridgehead atoms. The average molecular weight is 474 g/mol. The second-order valence-electron chi connectivity index (χ2n) is 8.13. The molecule has 4 rings (SSSR count). The second-order valence-corrected chi connectivity index (χ2v) is 8.13. The van der Waals surface area contributed by atoms with E-state index < -0.39 is 11.9 Å². The molecule has 3 aromatic rings. The molecule has 1 heterocycles. The minimum absolute atomic E-state index is 0.114. The van der Waals surface area contributed by atoms with Crippen LogP contribution in [0.25, 0.3) is 0 Å². The maximum absolute atomic E-state index is 12.6. The first kappa shape index (κ1) is 23.8. The highest BCUT2D eigenvalue weighted by Crippen LogP contribution is 2.23. The van der Waals surface area contributed by atoms with Crippen molar-refractivity contribution in [3.05, 3.63) is 90.0 Å². The number of ether oxygens (including phenoxy) is 2. The summed E-state index contributed by atoms with van der Waals surface area (Å²) in [5.74, 6) is 0.0216. The lowest BCUT2D eigenvalue weighted by Crippen LogP contribution is -2.39. The Morgan fingerprint density at radius 1 is 0.886 bits per heavy atom. The Kier molecular flexibility index (Phi) is 7.62. The van der Waals surface area contributed by atoms with E-state index in [1.807, 2.05) is 54.6 Å². The molecule has 1 saturated heterocycles. The lowest BCUT2D eigenvalue weighted by Gasteiger charge is -2.20. The molecule has 1 aliphatic heterocycles. The molecule has 0 saturated carbocycles. The first-order chi connectivity index (χ1) is 17.0. The zero-order valence-corrected chi connectivity index (χ0v) is 19.5. The van der Waals surface area contributed by atoms with Gasteiger partial charge in [-0.15, -0.1) is 0 Å². The smallest absolute Gasteiger partial charge is 0.308 e. The Labute approximate surface area is 204 Å². The van der Waals surface area contributed by atoms with Crippen LogP contribution in [0.5, 0.6) is 11.5 Å². The molecular formula is C27H27N3O5. The summed E-state index contributed by atoms with van der Waals surface area (Å²) in [6.07, 6.45) is 0. The van der Waals surface area contributed by atoms with Gasteiger partial charge < -0.3 is 24.6 Å². The number of hydrogen-bond acceptors (Lipinski definition) is 6. The SMILES string of the molecule is CC(=O)Oc1cccc(C(=O)NCC(=O)N2CCN(c3ccc(OCc4ccccc4)cc3)C2)c1. The highest BCUT2D eigenvalue weighted by Gasteiger charge is 2.24. The van der Waals surface area contributed by atoms with Gasteiger partial charge in [0, 0.05) is 31.3 Å². The van der Waals surface area contributed by atoms with Crippen molar-refractivity contribution in [1.82, 2.24) is 10.2 Å². The normalized spacial score (nSPS) is 12.8. The van der Waals surface area contributed by atoms with Gasteiger partial charge in [-0.05, 0) is 48.0 Å². The number of nitrogens with one attached hydrogen (secondary N) is 1. The van der Waals surface area contributed by atoms with Gasteiger partial charge in [0.2, 0.25) is 5.91 Å². The summed E-state index contributed by atoms with van der Waals surface area (Å²) < 4.78 is 10.8.